The molecule has 3 rings (SSSR count). The highest BCUT2D eigenvalue weighted by atomic mass is 31.3. The van der Waals surface area contributed by atoms with E-state index in [1.165, 1.54) is 18.0 Å². The lowest BCUT2D eigenvalue weighted by atomic mass is 10.2. The Morgan fingerprint density at radius 3 is 2.56 bits per heavy atom. The first-order chi connectivity index (χ1) is 14.7. The highest BCUT2D eigenvalue weighted by Gasteiger charge is 2.37. The zero-order valence-corrected chi connectivity index (χ0v) is 18.5. The van der Waals surface area contributed by atoms with Crippen molar-refractivity contribution in [3.05, 3.63) is 6.33 Å². The summed E-state index contributed by atoms with van der Waals surface area (Å²) in [5, 5.41) is 10.2. The van der Waals surface area contributed by atoms with Crippen LogP contribution in [0.5, 0.6) is 5.88 Å². The highest BCUT2D eigenvalue weighted by Crippen LogP contribution is 2.61. The molecule has 180 valence electrons. The SMILES string of the molecule is COc1nc(N)nc2c1ncn2[C@H]1C[C@H](O)[C@@H](COP(=O)([O-])OP(=O)([O-])OP(=O)([O-])O)O1. The molecule has 1 saturated heterocycles. The number of phosphoric ester groups is 1. The maximum atomic E-state index is 11.6. The number of hydrogen-bond acceptors (Lipinski definition) is 16. The summed E-state index contributed by atoms with van der Waals surface area (Å²) in [5.74, 6) is -0.0439. The van der Waals surface area contributed by atoms with Gasteiger partial charge in [-0.3, -0.25) is 18.3 Å². The van der Waals surface area contributed by atoms with Crippen LogP contribution in [0.25, 0.3) is 11.2 Å². The minimum atomic E-state index is -6.03. The van der Waals surface area contributed by atoms with E-state index in [0.29, 0.717) is 0 Å². The highest BCUT2D eigenvalue weighted by molar-refractivity contribution is 7.65. The molecule has 0 spiro atoms. The van der Waals surface area contributed by atoms with E-state index in [9.17, 15) is 33.5 Å². The van der Waals surface area contributed by atoms with Gasteiger partial charge in [0.05, 0.1) is 26.1 Å². The van der Waals surface area contributed by atoms with Crippen LogP contribution in [0.15, 0.2) is 6.33 Å². The maximum Gasteiger partial charge on any atom is 0.280 e. The Bertz CT molecular complexity index is 1140. The number of rotatable bonds is 9. The molecular weight excluding hydrogens is 503 g/mol. The fraction of sp³-hybridized carbons (Fsp3) is 0.545. The molecule has 0 bridgehead atoms. The molecule has 4 N–H and O–H groups in total. The van der Waals surface area contributed by atoms with Gasteiger partial charge >= 0.3 is 0 Å². The molecule has 1 aliphatic rings. The zero-order chi connectivity index (χ0) is 23.9. The quantitative estimate of drug-likeness (QED) is 0.289. The number of hydrogen-bond donors (Lipinski definition) is 3. The Kier molecular flexibility index (Phi) is 7.08. The summed E-state index contributed by atoms with van der Waals surface area (Å²) in [6.45, 7) is -0.917. The minimum absolute atomic E-state index is 0.0806. The monoisotopic (exact) mass is 518 g/mol. The van der Waals surface area contributed by atoms with Crippen LogP contribution in [0.3, 0.4) is 0 Å². The van der Waals surface area contributed by atoms with Gasteiger partial charge in [0, 0.05) is 6.42 Å². The molecule has 32 heavy (non-hydrogen) atoms. The van der Waals surface area contributed by atoms with E-state index in [-0.39, 0.29) is 29.4 Å². The molecule has 6 atom stereocenters. The number of nitrogens with zero attached hydrogens (tertiary/aromatic N) is 4. The van der Waals surface area contributed by atoms with Crippen molar-refractivity contribution < 1.29 is 61.0 Å². The predicted octanol–water partition coefficient (Wildman–Crippen LogP) is -2.49. The third kappa shape index (κ3) is 6.08. The van der Waals surface area contributed by atoms with Crippen LogP contribution in [-0.2, 0) is 31.6 Å². The molecule has 2 aromatic heterocycles. The maximum absolute atomic E-state index is 11.6. The number of fused-ring (bicyclic) bond motifs is 1. The Labute approximate surface area is 178 Å². The number of ether oxygens (including phenoxy) is 2. The summed E-state index contributed by atoms with van der Waals surface area (Å²) in [6.07, 6.45) is -2.27. The molecule has 0 aliphatic carbocycles. The van der Waals surface area contributed by atoms with Crippen LogP contribution >= 0.6 is 23.5 Å². The molecule has 3 heterocycles. The van der Waals surface area contributed by atoms with Crippen LogP contribution in [-0.4, -0.2) is 55.4 Å². The van der Waals surface area contributed by atoms with Crippen molar-refractivity contribution in [2.24, 2.45) is 0 Å². The number of phosphoric acid groups is 3. The third-order valence-corrected chi connectivity index (χ3v) is 7.61. The second kappa shape index (κ2) is 9.02. The van der Waals surface area contributed by atoms with E-state index in [1.807, 2.05) is 0 Å². The zero-order valence-electron chi connectivity index (χ0n) is 15.8. The standard InChI is InChI=1S/C11H18N5O13P3/c1-25-10-8-9(14-11(12)15-10)16(4-13-8)7-2-5(17)6(27-7)3-26-31(21,22)29-32(23,24)28-30(18,19)20/h4-7,17H,2-3H2,1H3,(H,21,22)(H,23,24)(H2,12,14,15)(H2,18,19,20)/p-3/t5-,6+,7+/m0/s1. The normalized spacial score (nSPS) is 27.0. The predicted molar refractivity (Wildman–Crippen MR) is 94.0 cm³/mol. The van der Waals surface area contributed by atoms with E-state index < -0.39 is 48.5 Å². The molecule has 1 fully saturated rings. The number of anilines is 1. The Hall–Kier alpha value is -1.52. The Morgan fingerprint density at radius 2 is 1.94 bits per heavy atom. The number of imidazole rings is 1. The smallest absolute Gasteiger partial charge is 0.280 e. The van der Waals surface area contributed by atoms with Gasteiger partial charge in [-0.25, -0.2) is 13.6 Å². The first kappa shape index (κ1) is 25.1. The van der Waals surface area contributed by atoms with Gasteiger partial charge in [0.15, 0.2) is 11.2 Å². The molecule has 0 aromatic carbocycles. The molecule has 18 nitrogen and oxygen atoms in total. The molecule has 0 amide bonds. The summed E-state index contributed by atoms with van der Waals surface area (Å²) in [7, 11) is -16.2. The number of methoxy groups -OCH3 is 1. The Morgan fingerprint density at radius 1 is 1.25 bits per heavy atom. The molecule has 21 heteroatoms. The van der Waals surface area contributed by atoms with Gasteiger partial charge in [0.2, 0.25) is 11.8 Å². The van der Waals surface area contributed by atoms with Crippen molar-refractivity contribution in [1.29, 1.82) is 0 Å². The number of nitrogens with two attached hydrogens (primary N) is 1. The van der Waals surface area contributed by atoms with E-state index in [2.05, 4.69) is 28.1 Å². The average molecular weight is 518 g/mol. The van der Waals surface area contributed by atoms with Crippen molar-refractivity contribution in [3.8, 4) is 5.88 Å². The molecular formula is C11H15N5O13P3-3. The van der Waals surface area contributed by atoms with Gasteiger partial charge in [-0.15, -0.1) is 0 Å². The third-order valence-electron chi connectivity index (χ3n) is 3.91. The van der Waals surface area contributed by atoms with Gasteiger partial charge in [-0.2, -0.15) is 9.97 Å². The number of aromatic nitrogens is 4. The second-order valence-electron chi connectivity index (χ2n) is 6.17. The van der Waals surface area contributed by atoms with Gasteiger partial charge in [-0.05, 0) is 0 Å². The first-order valence-electron chi connectivity index (χ1n) is 8.30. The summed E-state index contributed by atoms with van der Waals surface area (Å²) >= 11 is 0. The molecule has 0 saturated carbocycles. The lowest BCUT2D eigenvalue weighted by molar-refractivity contribution is -0.250. The summed E-state index contributed by atoms with van der Waals surface area (Å²) < 4.78 is 56.2. The number of aliphatic hydroxyl groups is 1. The summed E-state index contributed by atoms with van der Waals surface area (Å²) in [5.41, 5.74) is 6.06. The van der Waals surface area contributed by atoms with Crippen molar-refractivity contribution in [2.75, 3.05) is 19.5 Å². The number of nitrogen functional groups attached to an aromatic ring is 1. The lowest BCUT2D eigenvalue weighted by Gasteiger charge is -2.33. The molecule has 1 aliphatic heterocycles. The summed E-state index contributed by atoms with van der Waals surface area (Å²) in [4.78, 5) is 53.6. The van der Waals surface area contributed by atoms with Crippen LogP contribution in [0, 0.1) is 0 Å². The lowest BCUT2D eigenvalue weighted by Crippen LogP contribution is -2.27. The van der Waals surface area contributed by atoms with E-state index in [1.54, 1.807) is 0 Å². The van der Waals surface area contributed by atoms with Crippen LogP contribution in [0.2, 0.25) is 0 Å². The second-order valence-corrected chi connectivity index (χ2v) is 10.5. The van der Waals surface area contributed by atoms with Crippen LogP contribution in [0.4, 0.5) is 5.95 Å². The summed E-state index contributed by atoms with van der Waals surface area (Å²) in [6, 6.07) is 0. The molecule has 3 unspecified atom stereocenters. The van der Waals surface area contributed by atoms with Crippen molar-refractivity contribution >= 4 is 40.6 Å². The Balaban J connectivity index is 1.68. The first-order valence-corrected chi connectivity index (χ1v) is 12.7. The molecule has 0 radical (unpaired) electrons. The number of aliphatic hydroxyl groups excluding tert-OH is 1. The van der Waals surface area contributed by atoms with E-state index in [4.69, 9.17) is 20.1 Å². The van der Waals surface area contributed by atoms with Crippen LogP contribution < -0.4 is 25.2 Å². The van der Waals surface area contributed by atoms with Gasteiger partial charge < -0.3 is 44.4 Å². The largest absolute Gasteiger partial charge is 0.756 e. The fourth-order valence-corrected chi connectivity index (χ4v) is 5.64. The molecule has 2 aromatic rings. The topological polar surface area (TPSA) is 277 Å². The minimum Gasteiger partial charge on any atom is -0.756 e. The fourth-order valence-electron chi connectivity index (χ4n) is 2.75. The van der Waals surface area contributed by atoms with E-state index >= 15 is 0 Å². The van der Waals surface area contributed by atoms with Crippen molar-refractivity contribution in [2.45, 2.75) is 24.9 Å². The van der Waals surface area contributed by atoms with Gasteiger partial charge in [-0.1, -0.05) is 0 Å². The average Bonchev–Trinajstić information content (AvgIpc) is 3.19. The van der Waals surface area contributed by atoms with Crippen LogP contribution in [0.1, 0.15) is 12.6 Å². The van der Waals surface area contributed by atoms with Gasteiger partial charge in [0.1, 0.15) is 12.3 Å². The van der Waals surface area contributed by atoms with Crippen molar-refractivity contribution in [1.82, 2.24) is 19.5 Å². The van der Waals surface area contributed by atoms with Gasteiger partial charge in [0.25, 0.3) is 23.5 Å². The van der Waals surface area contributed by atoms with Crippen molar-refractivity contribution in [3.63, 3.8) is 0 Å². The van der Waals surface area contributed by atoms with E-state index in [0.717, 1.165) is 0 Å².